The second-order valence-electron chi connectivity index (χ2n) is 3.98. The largest absolute Gasteiger partial charge is 0.468 e. The van der Waals surface area contributed by atoms with E-state index in [1.165, 1.54) is 18.3 Å². The van der Waals surface area contributed by atoms with E-state index in [0.29, 0.717) is 24.4 Å². The van der Waals surface area contributed by atoms with Gasteiger partial charge >= 0.3 is 6.18 Å². The minimum absolute atomic E-state index is 0.150. The molecule has 1 aromatic rings. The van der Waals surface area contributed by atoms with E-state index in [1.54, 1.807) is 0 Å². The number of nitrogens with one attached hydrogen (secondary N) is 1. The fraction of sp³-hybridized carbons (Fsp3) is 0.500. The number of halogens is 4. The second-order valence-corrected chi connectivity index (χ2v) is 4.36. The van der Waals surface area contributed by atoms with Crippen molar-refractivity contribution in [3.63, 3.8) is 0 Å². The SMILES string of the molecule is O=C(CCCCCl)Nc1ccc(OCC(F)(F)F)nc1. The Morgan fingerprint density at radius 2 is 2.10 bits per heavy atom. The van der Waals surface area contributed by atoms with Gasteiger partial charge < -0.3 is 10.1 Å². The van der Waals surface area contributed by atoms with Crippen LogP contribution in [0.15, 0.2) is 18.3 Å². The molecule has 0 spiro atoms. The molecule has 1 heterocycles. The first-order valence-corrected chi connectivity index (χ1v) is 6.45. The highest BCUT2D eigenvalue weighted by molar-refractivity contribution is 6.17. The first kappa shape index (κ1) is 16.6. The van der Waals surface area contributed by atoms with E-state index >= 15 is 0 Å². The summed E-state index contributed by atoms with van der Waals surface area (Å²) in [7, 11) is 0. The molecule has 1 rings (SSSR count). The summed E-state index contributed by atoms with van der Waals surface area (Å²) >= 11 is 5.49. The summed E-state index contributed by atoms with van der Waals surface area (Å²) in [5, 5.41) is 2.58. The van der Waals surface area contributed by atoms with Crippen LogP contribution in [-0.2, 0) is 4.79 Å². The molecule has 112 valence electrons. The summed E-state index contributed by atoms with van der Waals surface area (Å²) < 4.78 is 40.2. The molecule has 0 bridgehead atoms. The van der Waals surface area contributed by atoms with Crippen LogP contribution in [0.25, 0.3) is 0 Å². The molecule has 0 saturated heterocycles. The lowest BCUT2D eigenvalue weighted by Gasteiger charge is -2.09. The number of amides is 1. The van der Waals surface area contributed by atoms with Gasteiger partial charge in [-0.3, -0.25) is 4.79 Å². The van der Waals surface area contributed by atoms with E-state index in [0.717, 1.165) is 6.42 Å². The minimum Gasteiger partial charge on any atom is -0.468 e. The Bertz CT molecular complexity index is 424. The molecule has 4 nitrogen and oxygen atoms in total. The molecule has 20 heavy (non-hydrogen) atoms. The number of unbranched alkanes of at least 4 members (excludes halogenated alkanes) is 1. The lowest BCUT2D eigenvalue weighted by molar-refractivity contribution is -0.154. The van der Waals surface area contributed by atoms with Gasteiger partial charge in [-0.05, 0) is 18.9 Å². The molecule has 0 radical (unpaired) electrons. The number of carbonyl (C=O) groups is 1. The maximum absolute atomic E-state index is 11.9. The number of hydrogen-bond donors (Lipinski definition) is 1. The van der Waals surface area contributed by atoms with Gasteiger partial charge in [0.1, 0.15) is 0 Å². The van der Waals surface area contributed by atoms with Gasteiger partial charge in [0.15, 0.2) is 6.61 Å². The zero-order valence-electron chi connectivity index (χ0n) is 10.5. The van der Waals surface area contributed by atoms with Crippen LogP contribution in [0.4, 0.5) is 18.9 Å². The highest BCUT2D eigenvalue weighted by Crippen LogP contribution is 2.18. The van der Waals surface area contributed by atoms with Crippen LogP contribution in [0, 0.1) is 0 Å². The van der Waals surface area contributed by atoms with Crippen molar-refractivity contribution in [3.05, 3.63) is 18.3 Å². The Balaban J connectivity index is 2.40. The molecule has 0 atom stereocenters. The Labute approximate surface area is 119 Å². The summed E-state index contributed by atoms with van der Waals surface area (Å²) in [4.78, 5) is 15.1. The molecule has 1 amide bonds. The third-order valence-electron chi connectivity index (χ3n) is 2.19. The van der Waals surface area contributed by atoms with Crippen LogP contribution in [-0.4, -0.2) is 29.6 Å². The number of anilines is 1. The molecule has 0 aliphatic rings. The number of carbonyl (C=O) groups excluding carboxylic acids is 1. The molecule has 0 aromatic carbocycles. The highest BCUT2D eigenvalue weighted by atomic mass is 35.5. The van der Waals surface area contributed by atoms with Crippen molar-refractivity contribution in [2.75, 3.05) is 17.8 Å². The monoisotopic (exact) mass is 310 g/mol. The van der Waals surface area contributed by atoms with Crippen molar-refractivity contribution in [3.8, 4) is 5.88 Å². The topological polar surface area (TPSA) is 51.2 Å². The highest BCUT2D eigenvalue weighted by Gasteiger charge is 2.28. The van der Waals surface area contributed by atoms with Crippen molar-refractivity contribution in [1.82, 2.24) is 4.98 Å². The number of pyridine rings is 1. The number of hydrogen-bond acceptors (Lipinski definition) is 3. The number of alkyl halides is 4. The molecule has 0 fully saturated rings. The Morgan fingerprint density at radius 1 is 1.35 bits per heavy atom. The number of ether oxygens (including phenoxy) is 1. The van der Waals surface area contributed by atoms with E-state index in [1.807, 2.05) is 0 Å². The first-order chi connectivity index (χ1) is 9.40. The molecular weight excluding hydrogens is 297 g/mol. The van der Waals surface area contributed by atoms with E-state index in [2.05, 4.69) is 15.0 Å². The third-order valence-corrected chi connectivity index (χ3v) is 2.46. The van der Waals surface area contributed by atoms with E-state index in [-0.39, 0.29) is 11.8 Å². The van der Waals surface area contributed by atoms with Crippen LogP contribution in [0.2, 0.25) is 0 Å². The van der Waals surface area contributed by atoms with Crippen molar-refractivity contribution in [1.29, 1.82) is 0 Å². The van der Waals surface area contributed by atoms with Gasteiger partial charge in [-0.2, -0.15) is 13.2 Å². The quantitative estimate of drug-likeness (QED) is 0.620. The zero-order chi connectivity index (χ0) is 15.0. The normalized spacial score (nSPS) is 11.2. The van der Waals surface area contributed by atoms with E-state index < -0.39 is 12.8 Å². The Hall–Kier alpha value is -1.50. The summed E-state index contributed by atoms with van der Waals surface area (Å²) in [6.07, 6.45) is -1.41. The summed E-state index contributed by atoms with van der Waals surface area (Å²) in [5.74, 6) is 0.156. The van der Waals surface area contributed by atoms with Crippen LogP contribution >= 0.6 is 11.6 Å². The van der Waals surface area contributed by atoms with E-state index in [9.17, 15) is 18.0 Å². The predicted molar refractivity (Wildman–Crippen MR) is 69.0 cm³/mol. The van der Waals surface area contributed by atoms with Crippen molar-refractivity contribution in [2.45, 2.75) is 25.4 Å². The molecule has 0 unspecified atom stereocenters. The fourth-order valence-corrected chi connectivity index (χ4v) is 1.49. The lowest BCUT2D eigenvalue weighted by atomic mass is 10.2. The van der Waals surface area contributed by atoms with E-state index in [4.69, 9.17) is 11.6 Å². The summed E-state index contributed by atoms with van der Waals surface area (Å²) in [6, 6.07) is 2.69. The van der Waals surface area contributed by atoms with Gasteiger partial charge in [0.05, 0.1) is 11.9 Å². The molecule has 1 N–H and O–H groups in total. The molecule has 1 aromatic heterocycles. The summed E-state index contributed by atoms with van der Waals surface area (Å²) in [6.45, 7) is -1.40. The maximum atomic E-state index is 11.9. The van der Waals surface area contributed by atoms with Gasteiger partial charge in [0.2, 0.25) is 11.8 Å². The maximum Gasteiger partial charge on any atom is 0.422 e. The van der Waals surface area contributed by atoms with Crippen LogP contribution < -0.4 is 10.1 Å². The second kappa shape index (κ2) is 7.94. The Kier molecular flexibility index (Phi) is 6.57. The molecular formula is C12H14ClF3N2O2. The first-order valence-electron chi connectivity index (χ1n) is 5.92. The van der Waals surface area contributed by atoms with Gasteiger partial charge in [0, 0.05) is 18.4 Å². The van der Waals surface area contributed by atoms with Gasteiger partial charge in [-0.25, -0.2) is 4.98 Å². The molecule has 0 aliphatic carbocycles. The van der Waals surface area contributed by atoms with Gasteiger partial charge in [-0.15, -0.1) is 11.6 Å². The third kappa shape index (κ3) is 7.18. The average Bonchev–Trinajstić information content (AvgIpc) is 2.37. The van der Waals surface area contributed by atoms with Gasteiger partial charge in [-0.1, -0.05) is 0 Å². The minimum atomic E-state index is -4.41. The predicted octanol–water partition coefficient (Wildman–Crippen LogP) is 3.37. The molecule has 8 heteroatoms. The molecule has 0 saturated carbocycles. The van der Waals surface area contributed by atoms with Crippen molar-refractivity contribution < 1.29 is 22.7 Å². The molecule has 0 aliphatic heterocycles. The smallest absolute Gasteiger partial charge is 0.422 e. The zero-order valence-corrected chi connectivity index (χ0v) is 11.3. The number of aromatic nitrogens is 1. The van der Waals surface area contributed by atoms with Crippen LogP contribution in [0.3, 0.4) is 0 Å². The van der Waals surface area contributed by atoms with Crippen LogP contribution in [0.5, 0.6) is 5.88 Å². The van der Waals surface area contributed by atoms with Crippen molar-refractivity contribution >= 4 is 23.2 Å². The summed E-state index contributed by atoms with van der Waals surface area (Å²) in [5.41, 5.74) is 0.403. The average molecular weight is 311 g/mol. The van der Waals surface area contributed by atoms with Crippen molar-refractivity contribution in [2.24, 2.45) is 0 Å². The Morgan fingerprint density at radius 3 is 2.65 bits per heavy atom. The lowest BCUT2D eigenvalue weighted by Crippen LogP contribution is -2.19. The number of rotatable bonds is 7. The van der Waals surface area contributed by atoms with Crippen LogP contribution in [0.1, 0.15) is 19.3 Å². The standard InChI is InChI=1S/C12H14ClF3N2O2/c13-6-2-1-3-10(19)18-9-4-5-11(17-7-9)20-8-12(14,15)16/h4-5,7H,1-3,6,8H2,(H,18,19). The number of nitrogens with zero attached hydrogens (tertiary/aromatic N) is 1. The fourth-order valence-electron chi connectivity index (χ4n) is 1.30. The van der Waals surface area contributed by atoms with Gasteiger partial charge in [0.25, 0.3) is 0 Å².